The van der Waals surface area contributed by atoms with Crippen LogP contribution in [0.25, 0.3) is 0 Å². The minimum atomic E-state index is -0.121. The highest BCUT2D eigenvalue weighted by atomic mass is 79.9. The summed E-state index contributed by atoms with van der Waals surface area (Å²) in [7, 11) is 0. The normalized spacial score (nSPS) is 19.3. The van der Waals surface area contributed by atoms with Gasteiger partial charge in [-0.3, -0.25) is 4.79 Å². The summed E-state index contributed by atoms with van der Waals surface area (Å²) in [6.45, 7) is 7.13. The maximum atomic E-state index is 12.1. The molecule has 1 atom stereocenters. The monoisotopic (exact) mass is 345 g/mol. The Morgan fingerprint density at radius 1 is 1.55 bits per heavy atom. The van der Waals surface area contributed by atoms with E-state index in [9.17, 15) is 4.79 Å². The fraction of sp³-hybridized carbons (Fsp3) is 0.692. The molecule has 1 N–H and O–H groups in total. The highest BCUT2D eigenvalue weighted by Gasteiger charge is 2.15. The molecule has 0 amide bonds. The van der Waals surface area contributed by atoms with Gasteiger partial charge in [-0.25, -0.2) is 4.68 Å². The van der Waals surface area contributed by atoms with Gasteiger partial charge in [-0.05, 0) is 21.8 Å². The van der Waals surface area contributed by atoms with Crippen molar-refractivity contribution >= 4 is 21.6 Å². The van der Waals surface area contributed by atoms with E-state index in [0.717, 1.165) is 0 Å². The Labute approximate surface area is 126 Å². The summed E-state index contributed by atoms with van der Waals surface area (Å²) in [6, 6.07) is 0. The number of hydrogen-bond acceptors (Lipinski definition) is 5. The molecule has 6 nitrogen and oxygen atoms in total. The van der Waals surface area contributed by atoms with Crippen LogP contribution in [0.3, 0.4) is 0 Å². The van der Waals surface area contributed by atoms with Gasteiger partial charge in [0.05, 0.1) is 37.8 Å². The average molecular weight is 346 g/mol. The molecule has 1 aliphatic heterocycles. The van der Waals surface area contributed by atoms with Crippen LogP contribution in [0.15, 0.2) is 15.5 Å². The van der Waals surface area contributed by atoms with Gasteiger partial charge in [-0.1, -0.05) is 13.8 Å². The van der Waals surface area contributed by atoms with Crippen LogP contribution < -0.4 is 10.9 Å². The summed E-state index contributed by atoms with van der Waals surface area (Å²) in [6.07, 6.45) is 1.67. The van der Waals surface area contributed by atoms with E-state index in [-0.39, 0.29) is 11.7 Å². The number of halogens is 1. The van der Waals surface area contributed by atoms with Crippen molar-refractivity contribution in [1.29, 1.82) is 0 Å². The predicted molar refractivity (Wildman–Crippen MR) is 80.1 cm³/mol. The molecule has 1 aromatic heterocycles. The Balaban J connectivity index is 2.01. The molecular weight excluding hydrogens is 326 g/mol. The lowest BCUT2D eigenvalue weighted by Gasteiger charge is -2.23. The van der Waals surface area contributed by atoms with E-state index in [2.05, 4.69) is 40.2 Å². The lowest BCUT2D eigenvalue weighted by atomic mass is 10.2. The zero-order valence-electron chi connectivity index (χ0n) is 11.8. The molecule has 1 fully saturated rings. The fourth-order valence-electron chi connectivity index (χ4n) is 1.94. The Kier molecular flexibility index (Phi) is 5.56. The van der Waals surface area contributed by atoms with Crippen LogP contribution in [0, 0.1) is 5.92 Å². The summed E-state index contributed by atoms with van der Waals surface area (Å²) in [5, 5.41) is 7.36. The van der Waals surface area contributed by atoms with Crippen molar-refractivity contribution in [2.24, 2.45) is 5.92 Å². The number of rotatable bonds is 5. The molecule has 0 bridgehead atoms. The lowest BCUT2D eigenvalue weighted by Crippen LogP contribution is -2.35. The SMILES string of the molecule is CC(C)Cn1ncc(NCC2COCCO2)c(Br)c1=O. The number of ether oxygens (including phenoxy) is 2. The van der Waals surface area contributed by atoms with E-state index in [1.54, 1.807) is 6.20 Å². The van der Waals surface area contributed by atoms with Gasteiger partial charge in [0, 0.05) is 13.1 Å². The summed E-state index contributed by atoms with van der Waals surface area (Å²) in [5.41, 5.74) is 0.564. The molecule has 1 aliphatic rings. The zero-order chi connectivity index (χ0) is 14.5. The molecule has 0 radical (unpaired) electrons. The molecule has 0 saturated carbocycles. The molecule has 20 heavy (non-hydrogen) atoms. The van der Waals surface area contributed by atoms with Crippen molar-refractivity contribution in [3.63, 3.8) is 0 Å². The summed E-state index contributed by atoms with van der Waals surface area (Å²) >= 11 is 3.34. The smallest absolute Gasteiger partial charge is 0.283 e. The number of hydrogen-bond donors (Lipinski definition) is 1. The highest BCUT2D eigenvalue weighted by molar-refractivity contribution is 9.10. The van der Waals surface area contributed by atoms with Crippen molar-refractivity contribution in [1.82, 2.24) is 9.78 Å². The maximum absolute atomic E-state index is 12.1. The lowest BCUT2D eigenvalue weighted by molar-refractivity contribution is -0.0818. The van der Waals surface area contributed by atoms with Crippen LogP contribution in [0.2, 0.25) is 0 Å². The third-order valence-corrected chi connectivity index (χ3v) is 3.69. The third kappa shape index (κ3) is 4.04. The maximum Gasteiger partial charge on any atom is 0.283 e. The summed E-state index contributed by atoms with van der Waals surface area (Å²) in [5.74, 6) is 0.374. The highest BCUT2D eigenvalue weighted by Crippen LogP contribution is 2.17. The quantitative estimate of drug-likeness (QED) is 0.875. The van der Waals surface area contributed by atoms with Gasteiger partial charge >= 0.3 is 0 Å². The first-order valence-electron chi connectivity index (χ1n) is 6.76. The van der Waals surface area contributed by atoms with Gasteiger partial charge in [0.15, 0.2) is 0 Å². The molecule has 1 aromatic rings. The van der Waals surface area contributed by atoms with E-state index in [1.165, 1.54) is 4.68 Å². The number of nitrogens with zero attached hydrogens (tertiary/aromatic N) is 2. The summed E-state index contributed by atoms with van der Waals surface area (Å²) < 4.78 is 12.8. The fourth-order valence-corrected chi connectivity index (χ4v) is 2.39. The van der Waals surface area contributed by atoms with Crippen LogP contribution >= 0.6 is 15.9 Å². The Morgan fingerprint density at radius 3 is 3.00 bits per heavy atom. The molecule has 0 aliphatic carbocycles. The number of aromatic nitrogens is 2. The minimum Gasteiger partial charge on any atom is -0.380 e. The Morgan fingerprint density at radius 2 is 2.35 bits per heavy atom. The molecule has 2 rings (SSSR count). The molecule has 0 spiro atoms. The van der Waals surface area contributed by atoms with E-state index >= 15 is 0 Å². The van der Waals surface area contributed by atoms with Crippen molar-refractivity contribution in [3.8, 4) is 0 Å². The second-order valence-electron chi connectivity index (χ2n) is 5.20. The zero-order valence-corrected chi connectivity index (χ0v) is 13.4. The van der Waals surface area contributed by atoms with Gasteiger partial charge in [-0.2, -0.15) is 5.10 Å². The van der Waals surface area contributed by atoms with Crippen LogP contribution in [-0.2, 0) is 16.0 Å². The minimum absolute atomic E-state index is 0.00810. The predicted octanol–water partition coefficient (Wildman–Crippen LogP) is 1.49. The second-order valence-corrected chi connectivity index (χ2v) is 5.99. The largest absolute Gasteiger partial charge is 0.380 e. The molecule has 2 heterocycles. The van der Waals surface area contributed by atoms with Gasteiger partial charge in [0.2, 0.25) is 0 Å². The van der Waals surface area contributed by atoms with Crippen LogP contribution in [0.4, 0.5) is 5.69 Å². The number of nitrogens with one attached hydrogen (secondary N) is 1. The Hall–Kier alpha value is -0.920. The van der Waals surface area contributed by atoms with Crippen molar-refractivity contribution in [2.45, 2.75) is 26.5 Å². The van der Waals surface area contributed by atoms with Crippen LogP contribution in [-0.4, -0.2) is 42.2 Å². The van der Waals surface area contributed by atoms with E-state index in [1.807, 2.05) is 0 Å². The molecule has 7 heteroatoms. The molecule has 1 unspecified atom stereocenters. The van der Waals surface area contributed by atoms with Gasteiger partial charge in [0.1, 0.15) is 4.47 Å². The van der Waals surface area contributed by atoms with Gasteiger partial charge < -0.3 is 14.8 Å². The van der Waals surface area contributed by atoms with Gasteiger partial charge in [-0.15, -0.1) is 0 Å². The van der Waals surface area contributed by atoms with Crippen molar-refractivity contribution in [2.75, 3.05) is 31.7 Å². The van der Waals surface area contributed by atoms with E-state index in [0.29, 0.717) is 49.0 Å². The topological polar surface area (TPSA) is 65.4 Å². The first kappa shape index (κ1) is 15.5. The second kappa shape index (κ2) is 7.19. The van der Waals surface area contributed by atoms with E-state index < -0.39 is 0 Å². The number of anilines is 1. The molecular formula is C13H20BrN3O3. The summed E-state index contributed by atoms with van der Waals surface area (Å²) in [4.78, 5) is 12.1. The first-order chi connectivity index (χ1) is 9.58. The molecule has 1 saturated heterocycles. The molecule has 112 valence electrons. The first-order valence-corrected chi connectivity index (χ1v) is 7.56. The van der Waals surface area contributed by atoms with Crippen LogP contribution in [0.5, 0.6) is 0 Å². The van der Waals surface area contributed by atoms with Gasteiger partial charge in [0.25, 0.3) is 5.56 Å². The molecule has 0 aromatic carbocycles. The van der Waals surface area contributed by atoms with Crippen LogP contribution in [0.1, 0.15) is 13.8 Å². The van der Waals surface area contributed by atoms with Crippen molar-refractivity contribution in [3.05, 3.63) is 21.0 Å². The standard InChI is InChI=1S/C13H20BrN3O3/c1-9(2)7-17-13(18)12(14)11(6-16-17)15-5-10-8-19-3-4-20-10/h6,9-10,15H,3-5,7-8H2,1-2H3. The van der Waals surface area contributed by atoms with Crippen molar-refractivity contribution < 1.29 is 9.47 Å². The average Bonchev–Trinajstić information content (AvgIpc) is 2.44. The Bertz CT molecular complexity index is 498. The third-order valence-electron chi connectivity index (χ3n) is 2.93. The van der Waals surface area contributed by atoms with E-state index in [4.69, 9.17) is 9.47 Å².